The summed E-state index contributed by atoms with van der Waals surface area (Å²) in [7, 11) is 0. The second-order valence-electron chi connectivity index (χ2n) is 5.23. The smallest absolute Gasteiger partial charge is 0.328 e. The Labute approximate surface area is 128 Å². The molecule has 21 heavy (non-hydrogen) atoms. The van der Waals surface area contributed by atoms with Crippen LogP contribution in [0.5, 0.6) is 0 Å². The zero-order chi connectivity index (χ0) is 14.4. The quantitative estimate of drug-likeness (QED) is 0.732. The Kier molecular flexibility index (Phi) is 3.04. The fourth-order valence-electron chi connectivity index (χ4n) is 2.93. The third-order valence-corrected chi connectivity index (χ3v) is 4.38. The first-order valence-electron chi connectivity index (χ1n) is 6.88. The number of benzene rings is 1. The molecule has 1 fully saturated rings. The van der Waals surface area contributed by atoms with Crippen LogP contribution in [0.1, 0.15) is 18.9 Å². The van der Waals surface area contributed by atoms with Gasteiger partial charge < -0.3 is 4.74 Å². The maximum Gasteiger partial charge on any atom is 0.328 e. The largest absolute Gasteiger partial charge is 0.379 e. The summed E-state index contributed by atoms with van der Waals surface area (Å²) in [6.07, 6.45) is 1.90. The highest BCUT2D eigenvalue weighted by atomic mass is 79.9. The number of rotatable bonds is 1. The number of nitrogens with one attached hydrogen (secondary N) is 1. The van der Waals surface area contributed by atoms with Gasteiger partial charge in [0.25, 0.3) is 0 Å². The van der Waals surface area contributed by atoms with Gasteiger partial charge in [0, 0.05) is 16.5 Å². The fraction of sp³-hybridized carbons (Fsp3) is 0.357. The van der Waals surface area contributed by atoms with Gasteiger partial charge in [-0.25, -0.2) is 4.79 Å². The molecular formula is C14H13BrN4O2. The van der Waals surface area contributed by atoms with Crippen molar-refractivity contribution in [2.24, 2.45) is 0 Å². The second kappa shape index (κ2) is 4.92. The lowest BCUT2D eigenvalue weighted by molar-refractivity contribution is 0.0595. The summed E-state index contributed by atoms with van der Waals surface area (Å²) in [4.78, 5) is 15.1. The number of nitrogens with zero attached hydrogens (tertiary/aromatic N) is 3. The van der Waals surface area contributed by atoms with Crippen LogP contribution in [-0.4, -0.2) is 33.0 Å². The highest BCUT2D eigenvalue weighted by Crippen LogP contribution is 2.27. The number of hydrogen-bond donors (Lipinski definition) is 1. The Morgan fingerprint density at radius 2 is 2.29 bits per heavy atom. The molecule has 108 valence electrons. The summed E-state index contributed by atoms with van der Waals surface area (Å²) < 4.78 is 8.25. The SMILES string of the molecule is O=c1[nH]c2nnc3ccc(Br)cc3c2n1[C@@H]1CCCOC1. The Morgan fingerprint density at radius 1 is 1.38 bits per heavy atom. The molecule has 1 atom stereocenters. The predicted molar refractivity (Wildman–Crippen MR) is 82.4 cm³/mol. The Morgan fingerprint density at radius 3 is 3.10 bits per heavy atom. The van der Waals surface area contributed by atoms with E-state index in [0.717, 1.165) is 40.3 Å². The van der Waals surface area contributed by atoms with Crippen LogP contribution in [0.25, 0.3) is 22.1 Å². The average molecular weight is 349 g/mol. The minimum absolute atomic E-state index is 0.0476. The molecular weight excluding hydrogens is 336 g/mol. The Balaban J connectivity index is 2.06. The van der Waals surface area contributed by atoms with E-state index in [9.17, 15) is 4.79 Å². The molecule has 7 heteroatoms. The molecule has 6 nitrogen and oxygen atoms in total. The first-order valence-corrected chi connectivity index (χ1v) is 7.67. The van der Waals surface area contributed by atoms with Gasteiger partial charge in [0.1, 0.15) is 5.52 Å². The lowest BCUT2D eigenvalue weighted by Gasteiger charge is -2.23. The molecule has 0 aliphatic carbocycles. The van der Waals surface area contributed by atoms with E-state index in [2.05, 4.69) is 31.1 Å². The number of H-pyrrole nitrogens is 1. The van der Waals surface area contributed by atoms with E-state index >= 15 is 0 Å². The number of hydrogen-bond acceptors (Lipinski definition) is 4. The minimum Gasteiger partial charge on any atom is -0.379 e. The van der Waals surface area contributed by atoms with Crippen LogP contribution < -0.4 is 5.69 Å². The predicted octanol–water partition coefficient (Wildman–Crippen LogP) is 2.39. The zero-order valence-corrected chi connectivity index (χ0v) is 12.8. The van der Waals surface area contributed by atoms with E-state index in [1.807, 2.05) is 18.2 Å². The van der Waals surface area contributed by atoms with E-state index in [-0.39, 0.29) is 11.7 Å². The van der Waals surface area contributed by atoms with E-state index in [4.69, 9.17) is 4.74 Å². The van der Waals surface area contributed by atoms with Crippen LogP contribution in [-0.2, 0) is 4.74 Å². The highest BCUT2D eigenvalue weighted by Gasteiger charge is 2.22. The van der Waals surface area contributed by atoms with Crippen molar-refractivity contribution < 1.29 is 4.74 Å². The van der Waals surface area contributed by atoms with Gasteiger partial charge in [0.15, 0.2) is 5.65 Å². The standard InChI is InChI=1S/C14H13BrN4O2/c15-8-3-4-11-10(6-8)12-13(18-17-11)16-14(20)19(12)9-2-1-5-21-7-9/h3-4,6,9H,1-2,5,7H2,(H,16,18,20)/t9-/m1/s1. The summed E-state index contributed by atoms with van der Waals surface area (Å²) in [5.74, 6) is 0. The average Bonchev–Trinajstić information content (AvgIpc) is 2.84. The Bertz CT molecular complexity index is 880. The van der Waals surface area contributed by atoms with Crippen LogP contribution in [0, 0.1) is 0 Å². The van der Waals surface area contributed by atoms with Gasteiger partial charge >= 0.3 is 5.69 Å². The van der Waals surface area contributed by atoms with E-state index in [1.165, 1.54) is 0 Å². The van der Waals surface area contributed by atoms with Gasteiger partial charge in [0.05, 0.1) is 18.2 Å². The molecule has 2 aromatic heterocycles. The van der Waals surface area contributed by atoms with Gasteiger partial charge in [-0.05, 0) is 31.0 Å². The fourth-order valence-corrected chi connectivity index (χ4v) is 3.29. The van der Waals surface area contributed by atoms with E-state index < -0.39 is 0 Å². The van der Waals surface area contributed by atoms with Crippen molar-refractivity contribution in [1.82, 2.24) is 19.7 Å². The van der Waals surface area contributed by atoms with Crippen molar-refractivity contribution in [3.63, 3.8) is 0 Å². The molecule has 0 spiro atoms. The first-order chi connectivity index (χ1) is 10.2. The minimum atomic E-state index is -0.151. The summed E-state index contributed by atoms with van der Waals surface area (Å²) in [5.41, 5.74) is 1.95. The number of aromatic nitrogens is 4. The summed E-state index contributed by atoms with van der Waals surface area (Å²) in [6.45, 7) is 1.32. The van der Waals surface area contributed by atoms with E-state index in [1.54, 1.807) is 4.57 Å². The van der Waals surface area contributed by atoms with Crippen molar-refractivity contribution in [2.75, 3.05) is 13.2 Å². The molecule has 4 rings (SSSR count). The van der Waals surface area contributed by atoms with Crippen LogP contribution in [0.4, 0.5) is 0 Å². The third kappa shape index (κ3) is 2.08. The summed E-state index contributed by atoms with van der Waals surface area (Å²) >= 11 is 3.48. The van der Waals surface area contributed by atoms with Crippen molar-refractivity contribution >= 4 is 38.0 Å². The molecule has 0 radical (unpaired) electrons. The number of imidazole rings is 1. The molecule has 1 aromatic carbocycles. The van der Waals surface area contributed by atoms with Crippen molar-refractivity contribution in [3.8, 4) is 0 Å². The van der Waals surface area contributed by atoms with Gasteiger partial charge in [-0.2, -0.15) is 0 Å². The molecule has 0 saturated carbocycles. The number of ether oxygens (including phenoxy) is 1. The molecule has 3 heterocycles. The number of halogens is 1. The maximum atomic E-state index is 12.3. The van der Waals surface area contributed by atoms with Crippen LogP contribution in [0.2, 0.25) is 0 Å². The van der Waals surface area contributed by atoms with Crippen molar-refractivity contribution in [3.05, 3.63) is 33.2 Å². The maximum absolute atomic E-state index is 12.3. The van der Waals surface area contributed by atoms with Gasteiger partial charge in [0.2, 0.25) is 0 Å². The molecule has 0 unspecified atom stereocenters. The van der Waals surface area contributed by atoms with Gasteiger partial charge in [-0.15, -0.1) is 10.2 Å². The molecule has 0 amide bonds. The normalized spacial score (nSPS) is 19.4. The molecule has 3 aromatic rings. The lowest BCUT2D eigenvalue weighted by Crippen LogP contribution is -2.28. The zero-order valence-electron chi connectivity index (χ0n) is 11.2. The highest BCUT2D eigenvalue weighted by molar-refractivity contribution is 9.10. The topological polar surface area (TPSA) is 72.8 Å². The monoisotopic (exact) mass is 348 g/mol. The second-order valence-corrected chi connectivity index (χ2v) is 6.15. The third-order valence-electron chi connectivity index (χ3n) is 3.88. The summed E-state index contributed by atoms with van der Waals surface area (Å²) in [5, 5.41) is 9.21. The van der Waals surface area contributed by atoms with Crippen LogP contribution in [0.15, 0.2) is 27.5 Å². The molecule has 1 aliphatic heterocycles. The number of fused-ring (bicyclic) bond motifs is 3. The summed E-state index contributed by atoms with van der Waals surface area (Å²) in [6, 6.07) is 5.83. The van der Waals surface area contributed by atoms with Gasteiger partial charge in [-0.1, -0.05) is 15.9 Å². The molecule has 1 N–H and O–H groups in total. The lowest BCUT2D eigenvalue weighted by atomic mass is 10.1. The van der Waals surface area contributed by atoms with Crippen molar-refractivity contribution in [2.45, 2.75) is 18.9 Å². The first kappa shape index (κ1) is 13.0. The van der Waals surface area contributed by atoms with Crippen LogP contribution in [0.3, 0.4) is 0 Å². The van der Waals surface area contributed by atoms with Gasteiger partial charge in [-0.3, -0.25) is 9.55 Å². The molecule has 1 saturated heterocycles. The van der Waals surface area contributed by atoms with Crippen LogP contribution >= 0.6 is 15.9 Å². The Hall–Kier alpha value is -1.73. The molecule has 0 bridgehead atoms. The molecule has 1 aliphatic rings. The van der Waals surface area contributed by atoms with E-state index in [0.29, 0.717) is 12.3 Å². The van der Waals surface area contributed by atoms with Crippen molar-refractivity contribution in [1.29, 1.82) is 0 Å². The number of aromatic amines is 1.